The number of aryl methyl sites for hydroxylation is 1. The highest BCUT2D eigenvalue weighted by Crippen LogP contribution is 2.36. The fourth-order valence-electron chi connectivity index (χ4n) is 4.35. The van der Waals surface area contributed by atoms with Crippen LogP contribution in [0, 0.1) is 0 Å². The van der Waals surface area contributed by atoms with Crippen LogP contribution in [-0.4, -0.2) is 73.3 Å². The van der Waals surface area contributed by atoms with Crippen molar-refractivity contribution in [3.8, 4) is 0 Å². The van der Waals surface area contributed by atoms with Gasteiger partial charge in [-0.15, -0.1) is 0 Å². The third-order valence-corrected chi connectivity index (χ3v) is 5.52. The van der Waals surface area contributed by atoms with Crippen LogP contribution in [0.4, 0.5) is 5.69 Å². The first-order valence-electron chi connectivity index (χ1n) is 10.8. The van der Waals surface area contributed by atoms with Gasteiger partial charge < -0.3 is 30.3 Å². The van der Waals surface area contributed by atoms with Gasteiger partial charge in [0.05, 0.1) is 12.7 Å². The zero-order valence-corrected chi connectivity index (χ0v) is 18.4. The van der Waals surface area contributed by atoms with E-state index in [1.54, 1.807) is 18.2 Å². The molecule has 1 unspecified atom stereocenters. The minimum atomic E-state index is -1.26. The molecule has 31 heavy (non-hydrogen) atoms. The Morgan fingerprint density at radius 2 is 1.84 bits per heavy atom. The topological polar surface area (TPSA) is 119 Å². The SMILES string of the molecule is CCc1c2c(cc3c1N(CC(O)COC)CCC3)CCNCC2.O=C(O)/C=C/C(=O)O. The molecule has 2 aliphatic heterocycles. The van der Waals surface area contributed by atoms with E-state index >= 15 is 0 Å². The summed E-state index contributed by atoms with van der Waals surface area (Å²) in [4.78, 5) is 21.5. The molecule has 3 rings (SSSR count). The first-order chi connectivity index (χ1) is 14.9. The number of ether oxygens (including phenoxy) is 1. The molecular weight excluding hydrogens is 400 g/mol. The number of carboxylic acid groups (broad SMARTS) is 2. The highest BCUT2D eigenvalue weighted by Gasteiger charge is 2.25. The Morgan fingerprint density at radius 3 is 2.45 bits per heavy atom. The van der Waals surface area contributed by atoms with Gasteiger partial charge in [0.15, 0.2) is 0 Å². The van der Waals surface area contributed by atoms with Gasteiger partial charge in [-0.1, -0.05) is 13.0 Å². The average Bonchev–Trinajstić information content (AvgIpc) is 2.96. The lowest BCUT2D eigenvalue weighted by atomic mass is 9.87. The summed E-state index contributed by atoms with van der Waals surface area (Å²) in [5, 5.41) is 29.3. The Bertz CT molecular complexity index is 777. The molecule has 2 heterocycles. The average molecular weight is 435 g/mol. The maximum Gasteiger partial charge on any atom is 0.328 e. The van der Waals surface area contributed by atoms with Gasteiger partial charge in [0.1, 0.15) is 0 Å². The van der Waals surface area contributed by atoms with E-state index in [9.17, 15) is 14.7 Å². The largest absolute Gasteiger partial charge is 0.478 e. The van der Waals surface area contributed by atoms with E-state index in [-0.39, 0.29) is 0 Å². The summed E-state index contributed by atoms with van der Waals surface area (Å²) in [6.07, 6.45) is 6.37. The van der Waals surface area contributed by atoms with Crippen molar-refractivity contribution in [1.82, 2.24) is 5.32 Å². The summed E-state index contributed by atoms with van der Waals surface area (Å²) < 4.78 is 5.11. The lowest BCUT2D eigenvalue weighted by Crippen LogP contribution is -2.39. The molecule has 8 nitrogen and oxygen atoms in total. The molecule has 0 amide bonds. The number of rotatable bonds is 7. The van der Waals surface area contributed by atoms with Crippen molar-refractivity contribution in [3.63, 3.8) is 0 Å². The molecular formula is C23H34N2O6. The second-order valence-electron chi connectivity index (χ2n) is 7.77. The number of β-amino-alcohol motifs (C(OH)–C–C–N with tert-alkyl or cyclic N) is 1. The third-order valence-electron chi connectivity index (χ3n) is 5.52. The van der Waals surface area contributed by atoms with Crippen LogP contribution < -0.4 is 10.2 Å². The van der Waals surface area contributed by atoms with Gasteiger partial charge in [0.25, 0.3) is 0 Å². The summed E-state index contributed by atoms with van der Waals surface area (Å²) in [5.41, 5.74) is 7.52. The van der Waals surface area contributed by atoms with E-state index in [0.29, 0.717) is 25.3 Å². The van der Waals surface area contributed by atoms with Crippen LogP contribution in [0.15, 0.2) is 18.2 Å². The van der Waals surface area contributed by atoms with Crippen molar-refractivity contribution in [2.24, 2.45) is 0 Å². The molecule has 0 aromatic heterocycles. The second-order valence-corrected chi connectivity index (χ2v) is 7.77. The van der Waals surface area contributed by atoms with E-state index < -0.39 is 18.0 Å². The molecule has 0 radical (unpaired) electrons. The molecule has 1 aromatic rings. The van der Waals surface area contributed by atoms with E-state index in [2.05, 4.69) is 23.2 Å². The predicted molar refractivity (Wildman–Crippen MR) is 119 cm³/mol. The molecule has 0 saturated carbocycles. The van der Waals surface area contributed by atoms with Crippen LogP contribution in [-0.2, 0) is 40.0 Å². The molecule has 4 N–H and O–H groups in total. The summed E-state index contributed by atoms with van der Waals surface area (Å²) in [7, 11) is 1.65. The van der Waals surface area contributed by atoms with Crippen molar-refractivity contribution in [3.05, 3.63) is 40.5 Å². The number of carboxylic acids is 2. The second kappa shape index (κ2) is 12.4. The van der Waals surface area contributed by atoms with Crippen LogP contribution in [0.5, 0.6) is 0 Å². The van der Waals surface area contributed by atoms with Gasteiger partial charge in [-0.05, 0) is 67.4 Å². The summed E-state index contributed by atoms with van der Waals surface area (Å²) in [5.74, 6) is -2.51. The normalized spacial score (nSPS) is 16.5. The van der Waals surface area contributed by atoms with Crippen LogP contribution in [0.2, 0.25) is 0 Å². The lowest BCUT2D eigenvalue weighted by Gasteiger charge is -2.36. The van der Waals surface area contributed by atoms with E-state index in [1.165, 1.54) is 29.7 Å². The number of nitrogens with one attached hydrogen (secondary N) is 1. The fourth-order valence-corrected chi connectivity index (χ4v) is 4.35. The number of aliphatic carboxylic acids is 2. The number of benzene rings is 1. The Kier molecular flexibility index (Phi) is 9.97. The van der Waals surface area contributed by atoms with Gasteiger partial charge in [-0.2, -0.15) is 0 Å². The van der Waals surface area contributed by atoms with E-state index in [0.717, 1.165) is 38.9 Å². The fraction of sp³-hybridized carbons (Fsp3) is 0.565. The number of anilines is 1. The number of hydrogen-bond donors (Lipinski definition) is 4. The van der Waals surface area contributed by atoms with Crippen molar-refractivity contribution in [2.45, 2.75) is 45.1 Å². The van der Waals surface area contributed by atoms with Crippen molar-refractivity contribution in [1.29, 1.82) is 0 Å². The quantitative estimate of drug-likeness (QED) is 0.476. The maximum absolute atomic E-state index is 10.2. The van der Waals surface area contributed by atoms with Crippen LogP contribution in [0.25, 0.3) is 0 Å². The predicted octanol–water partition coefficient (Wildman–Crippen LogP) is 1.41. The number of carbonyl (C=O) groups is 2. The van der Waals surface area contributed by atoms with Gasteiger partial charge in [0, 0.05) is 38.0 Å². The molecule has 2 aliphatic rings. The van der Waals surface area contributed by atoms with Gasteiger partial charge in [0.2, 0.25) is 0 Å². The molecule has 0 spiro atoms. The number of aliphatic hydroxyl groups is 1. The highest BCUT2D eigenvalue weighted by molar-refractivity contribution is 5.89. The standard InChI is InChI=1S/C19H30N2O2.C4H4O4/c1-3-17-18-7-9-20-8-6-14(18)11-15-5-4-10-21(19(15)17)12-16(22)13-23-2;5-3(6)1-2-4(7)8/h11,16,20,22H,3-10,12-13H2,1-2H3;1-2H,(H,5,6)(H,7,8)/b;2-1+. The minimum Gasteiger partial charge on any atom is -0.478 e. The summed E-state index contributed by atoms with van der Waals surface area (Å²) in [6, 6.07) is 2.45. The number of fused-ring (bicyclic) bond motifs is 2. The monoisotopic (exact) mass is 434 g/mol. The molecule has 1 aromatic carbocycles. The van der Waals surface area contributed by atoms with Crippen LogP contribution >= 0.6 is 0 Å². The summed E-state index contributed by atoms with van der Waals surface area (Å²) in [6.45, 7) is 6.55. The number of hydrogen-bond acceptors (Lipinski definition) is 6. The van der Waals surface area contributed by atoms with E-state index in [4.69, 9.17) is 14.9 Å². The molecule has 8 heteroatoms. The molecule has 0 saturated heterocycles. The maximum atomic E-state index is 10.2. The first-order valence-corrected chi connectivity index (χ1v) is 10.8. The Balaban J connectivity index is 0.000000366. The molecule has 1 atom stereocenters. The van der Waals surface area contributed by atoms with Crippen LogP contribution in [0.1, 0.15) is 35.6 Å². The van der Waals surface area contributed by atoms with E-state index in [1.807, 2.05) is 0 Å². The molecule has 0 bridgehead atoms. The van der Waals surface area contributed by atoms with Crippen molar-refractivity contribution < 1.29 is 29.6 Å². The zero-order chi connectivity index (χ0) is 22.8. The Hall–Kier alpha value is -2.42. The van der Waals surface area contributed by atoms with Gasteiger partial charge in [-0.3, -0.25) is 0 Å². The third kappa shape index (κ3) is 7.34. The number of aliphatic hydroxyl groups excluding tert-OH is 1. The molecule has 0 aliphatic carbocycles. The highest BCUT2D eigenvalue weighted by atomic mass is 16.5. The number of nitrogens with zero attached hydrogens (tertiary/aromatic N) is 1. The molecule has 172 valence electrons. The smallest absolute Gasteiger partial charge is 0.328 e. The zero-order valence-electron chi connectivity index (χ0n) is 18.4. The van der Waals surface area contributed by atoms with Crippen molar-refractivity contribution in [2.75, 3.05) is 44.8 Å². The van der Waals surface area contributed by atoms with Crippen LogP contribution in [0.3, 0.4) is 0 Å². The molecule has 0 fully saturated rings. The minimum absolute atomic E-state index is 0.405. The Morgan fingerprint density at radius 1 is 1.16 bits per heavy atom. The summed E-state index contributed by atoms with van der Waals surface area (Å²) >= 11 is 0. The first kappa shape index (κ1) is 24.8. The van der Waals surface area contributed by atoms with Gasteiger partial charge in [-0.25, -0.2) is 9.59 Å². The van der Waals surface area contributed by atoms with Crippen molar-refractivity contribution >= 4 is 17.6 Å². The van der Waals surface area contributed by atoms with Gasteiger partial charge >= 0.3 is 11.9 Å². The Labute approximate surface area is 183 Å². The lowest BCUT2D eigenvalue weighted by molar-refractivity contribution is -0.134. The number of methoxy groups -OCH3 is 1.